The minimum atomic E-state index is -0.134. The summed E-state index contributed by atoms with van der Waals surface area (Å²) < 4.78 is 7.00. The van der Waals surface area contributed by atoms with Crippen LogP contribution in [-0.2, 0) is 10.8 Å². The van der Waals surface area contributed by atoms with E-state index in [0.717, 1.165) is 44.4 Å². The smallest absolute Gasteiger partial charge is 0.159 e. The molecule has 11 rings (SSSR count). The van der Waals surface area contributed by atoms with Gasteiger partial charge in [0.05, 0.1) is 5.69 Å². The highest BCUT2D eigenvalue weighted by atomic mass is 16.3. The van der Waals surface area contributed by atoms with Crippen molar-refractivity contribution in [2.24, 2.45) is 0 Å². The summed E-state index contributed by atoms with van der Waals surface area (Å²) in [5.74, 6) is 0. The Kier molecular flexibility index (Phi) is 6.39. The highest BCUT2D eigenvalue weighted by molar-refractivity contribution is 6.17. The van der Waals surface area contributed by atoms with Gasteiger partial charge < -0.3 is 9.32 Å². The number of nitrogens with zero attached hydrogens (tertiary/aromatic N) is 1. The minimum absolute atomic E-state index is 0.0680. The van der Waals surface area contributed by atoms with Gasteiger partial charge in [0.25, 0.3) is 0 Å². The molecule has 2 aliphatic rings. The molecule has 258 valence electrons. The molecule has 0 saturated heterocycles. The third kappa shape index (κ3) is 4.23. The Hall–Kier alpha value is -6.38. The van der Waals surface area contributed by atoms with Crippen LogP contribution >= 0.6 is 0 Å². The van der Waals surface area contributed by atoms with Gasteiger partial charge in [0, 0.05) is 38.4 Å². The van der Waals surface area contributed by atoms with Crippen LogP contribution in [0.15, 0.2) is 168 Å². The number of furan rings is 1. The Bertz CT molecular complexity index is 3010. The standard InChI is InChI=1S/C52H39NO/c1-51(2)44-23-10-8-19-42(44)48-36(20-12-24-45(48)51)33-15-11-16-34(30-33)53(35-27-29-39-38-18-7-9-22-43(38)52(3,4)46(39)31-35)47-25-13-21-40-41-28-26-32-14-5-6-17-37(32)49(41)54-50(40)47/h5-31H,1-4H3. The molecule has 2 aliphatic carbocycles. The predicted octanol–water partition coefficient (Wildman–Crippen LogP) is 14.5. The fourth-order valence-electron chi connectivity index (χ4n) is 9.75. The van der Waals surface area contributed by atoms with Crippen LogP contribution in [-0.4, -0.2) is 0 Å². The van der Waals surface area contributed by atoms with Gasteiger partial charge in [0.15, 0.2) is 5.58 Å². The Morgan fingerprint density at radius 2 is 1.02 bits per heavy atom. The molecule has 9 aromatic rings. The second-order valence-electron chi connectivity index (χ2n) is 16.1. The molecule has 0 spiro atoms. The molecule has 0 radical (unpaired) electrons. The quantitative estimate of drug-likeness (QED) is 0.182. The molecule has 0 saturated carbocycles. The zero-order valence-corrected chi connectivity index (χ0v) is 30.9. The van der Waals surface area contributed by atoms with E-state index in [1.165, 1.54) is 61.0 Å². The SMILES string of the molecule is CC1(C)c2ccccc2-c2ccc(N(c3cccc(-c4cccc5c4-c4ccccc4C5(C)C)c3)c3cccc4c3oc3c5ccccc5ccc43)cc21. The van der Waals surface area contributed by atoms with E-state index < -0.39 is 0 Å². The molecule has 54 heavy (non-hydrogen) atoms. The van der Waals surface area contributed by atoms with Gasteiger partial charge in [-0.05, 0) is 97.4 Å². The van der Waals surface area contributed by atoms with Crippen LogP contribution in [0.4, 0.5) is 17.1 Å². The summed E-state index contributed by atoms with van der Waals surface area (Å²) in [5, 5.41) is 4.55. The number of hydrogen-bond donors (Lipinski definition) is 0. The average Bonchev–Trinajstić information content (AvgIpc) is 3.79. The lowest BCUT2D eigenvalue weighted by Gasteiger charge is -2.28. The molecule has 2 heteroatoms. The first-order chi connectivity index (χ1) is 26.3. The maximum absolute atomic E-state index is 7.00. The lowest BCUT2D eigenvalue weighted by molar-refractivity contribution is 0.660. The van der Waals surface area contributed by atoms with Crippen LogP contribution in [0.2, 0.25) is 0 Å². The molecular weight excluding hydrogens is 655 g/mol. The van der Waals surface area contributed by atoms with Crippen molar-refractivity contribution in [3.8, 4) is 33.4 Å². The topological polar surface area (TPSA) is 16.4 Å². The lowest BCUT2D eigenvalue weighted by atomic mass is 9.82. The number of para-hydroxylation sites is 1. The molecule has 0 N–H and O–H groups in total. The van der Waals surface area contributed by atoms with Crippen molar-refractivity contribution in [1.29, 1.82) is 0 Å². The second kappa shape index (κ2) is 11.1. The fraction of sp³-hybridized carbons (Fsp3) is 0.115. The monoisotopic (exact) mass is 693 g/mol. The van der Waals surface area contributed by atoms with Crippen LogP contribution < -0.4 is 4.90 Å². The third-order valence-electron chi connectivity index (χ3n) is 12.5. The van der Waals surface area contributed by atoms with E-state index in [-0.39, 0.29) is 10.8 Å². The van der Waals surface area contributed by atoms with E-state index >= 15 is 0 Å². The van der Waals surface area contributed by atoms with E-state index in [1.54, 1.807) is 0 Å². The normalized spacial score (nSPS) is 14.6. The molecule has 8 aromatic carbocycles. The molecule has 2 nitrogen and oxygen atoms in total. The van der Waals surface area contributed by atoms with Crippen molar-refractivity contribution in [2.45, 2.75) is 38.5 Å². The third-order valence-corrected chi connectivity index (χ3v) is 12.5. The van der Waals surface area contributed by atoms with E-state index in [4.69, 9.17) is 4.42 Å². The summed E-state index contributed by atoms with van der Waals surface area (Å²) in [4.78, 5) is 2.41. The van der Waals surface area contributed by atoms with Crippen LogP contribution in [0.25, 0.3) is 66.1 Å². The van der Waals surface area contributed by atoms with Gasteiger partial charge in [-0.2, -0.15) is 0 Å². The Morgan fingerprint density at radius 1 is 0.407 bits per heavy atom. The minimum Gasteiger partial charge on any atom is -0.453 e. The first-order valence-electron chi connectivity index (χ1n) is 19.0. The van der Waals surface area contributed by atoms with Crippen molar-refractivity contribution in [3.63, 3.8) is 0 Å². The summed E-state index contributed by atoms with van der Waals surface area (Å²) in [6, 6.07) is 60.3. The highest BCUT2D eigenvalue weighted by Crippen LogP contribution is 2.54. The summed E-state index contributed by atoms with van der Waals surface area (Å²) in [6.45, 7) is 9.41. The summed E-state index contributed by atoms with van der Waals surface area (Å²) in [7, 11) is 0. The van der Waals surface area contributed by atoms with E-state index in [0.29, 0.717) is 0 Å². The largest absolute Gasteiger partial charge is 0.453 e. The van der Waals surface area contributed by atoms with Crippen molar-refractivity contribution < 1.29 is 4.42 Å². The van der Waals surface area contributed by atoms with Crippen LogP contribution in [0, 0.1) is 0 Å². The van der Waals surface area contributed by atoms with Crippen molar-refractivity contribution in [2.75, 3.05) is 4.90 Å². The van der Waals surface area contributed by atoms with E-state index in [1.807, 2.05) is 0 Å². The number of rotatable bonds is 4. The molecule has 0 unspecified atom stereocenters. The van der Waals surface area contributed by atoms with Gasteiger partial charge >= 0.3 is 0 Å². The van der Waals surface area contributed by atoms with Crippen LogP contribution in [0.5, 0.6) is 0 Å². The summed E-state index contributed by atoms with van der Waals surface area (Å²) in [6.07, 6.45) is 0. The Balaban J connectivity index is 1.16. The van der Waals surface area contributed by atoms with Crippen molar-refractivity contribution in [1.82, 2.24) is 0 Å². The number of benzene rings is 8. The Morgan fingerprint density at radius 3 is 1.89 bits per heavy atom. The number of anilines is 3. The van der Waals surface area contributed by atoms with Crippen molar-refractivity contribution >= 4 is 49.8 Å². The van der Waals surface area contributed by atoms with E-state index in [2.05, 4.69) is 196 Å². The molecule has 1 heterocycles. The fourth-order valence-corrected chi connectivity index (χ4v) is 9.75. The number of hydrogen-bond acceptors (Lipinski definition) is 2. The second-order valence-corrected chi connectivity index (χ2v) is 16.1. The maximum Gasteiger partial charge on any atom is 0.159 e. The molecule has 0 fully saturated rings. The number of fused-ring (bicyclic) bond motifs is 11. The zero-order valence-electron chi connectivity index (χ0n) is 30.9. The van der Waals surface area contributed by atoms with Gasteiger partial charge in [0.1, 0.15) is 5.58 Å². The van der Waals surface area contributed by atoms with Crippen molar-refractivity contribution in [3.05, 3.63) is 186 Å². The predicted molar refractivity (Wildman–Crippen MR) is 226 cm³/mol. The van der Waals surface area contributed by atoms with E-state index in [9.17, 15) is 0 Å². The molecular formula is C52H39NO. The molecule has 0 amide bonds. The summed E-state index contributed by atoms with van der Waals surface area (Å²) in [5.41, 5.74) is 18.0. The zero-order chi connectivity index (χ0) is 36.3. The van der Waals surface area contributed by atoms with Crippen LogP contribution in [0.3, 0.4) is 0 Å². The molecule has 1 aromatic heterocycles. The van der Waals surface area contributed by atoms with Gasteiger partial charge in [-0.3, -0.25) is 0 Å². The van der Waals surface area contributed by atoms with Gasteiger partial charge in [-0.15, -0.1) is 0 Å². The average molecular weight is 694 g/mol. The van der Waals surface area contributed by atoms with Gasteiger partial charge in [-0.25, -0.2) is 0 Å². The van der Waals surface area contributed by atoms with Gasteiger partial charge in [-0.1, -0.05) is 155 Å². The first kappa shape index (κ1) is 31.2. The highest BCUT2D eigenvalue weighted by Gasteiger charge is 2.38. The lowest BCUT2D eigenvalue weighted by Crippen LogP contribution is -2.16. The Labute approximate surface area is 315 Å². The van der Waals surface area contributed by atoms with Gasteiger partial charge in [0.2, 0.25) is 0 Å². The maximum atomic E-state index is 7.00. The summed E-state index contributed by atoms with van der Waals surface area (Å²) >= 11 is 0. The molecule has 0 bridgehead atoms. The molecule has 0 atom stereocenters. The van der Waals surface area contributed by atoms with Crippen LogP contribution in [0.1, 0.15) is 49.9 Å². The first-order valence-corrected chi connectivity index (χ1v) is 19.0. The molecule has 0 aliphatic heterocycles.